The Balaban J connectivity index is 1.32. The number of carbonyl (C=O) groups excluding carboxylic acids is 1. The third-order valence-electron chi connectivity index (χ3n) is 6.40. The van der Waals surface area contributed by atoms with E-state index in [0.717, 1.165) is 36.2 Å². The van der Waals surface area contributed by atoms with Gasteiger partial charge in [-0.15, -0.1) is 0 Å². The highest BCUT2D eigenvalue weighted by Crippen LogP contribution is 2.28. The lowest BCUT2D eigenvalue weighted by Gasteiger charge is -2.25. The first kappa shape index (κ1) is 20.4. The molecular formula is C27H24N6O. The van der Waals surface area contributed by atoms with E-state index >= 15 is 0 Å². The van der Waals surface area contributed by atoms with Gasteiger partial charge in [0.15, 0.2) is 0 Å². The van der Waals surface area contributed by atoms with Gasteiger partial charge < -0.3 is 4.90 Å². The number of likely N-dealkylation sites (tertiary alicyclic amines) is 1. The van der Waals surface area contributed by atoms with Gasteiger partial charge in [-0.05, 0) is 25.0 Å². The van der Waals surface area contributed by atoms with Crippen molar-refractivity contribution in [3.8, 4) is 22.5 Å². The summed E-state index contributed by atoms with van der Waals surface area (Å²) in [7, 11) is 0. The van der Waals surface area contributed by atoms with E-state index < -0.39 is 0 Å². The van der Waals surface area contributed by atoms with Gasteiger partial charge in [-0.1, -0.05) is 60.7 Å². The van der Waals surface area contributed by atoms with Gasteiger partial charge >= 0.3 is 0 Å². The number of carbonyl (C=O) groups is 1. The van der Waals surface area contributed by atoms with Crippen molar-refractivity contribution < 1.29 is 4.79 Å². The summed E-state index contributed by atoms with van der Waals surface area (Å²) in [6, 6.07) is 23.9. The molecule has 3 aromatic heterocycles. The molecule has 34 heavy (non-hydrogen) atoms. The minimum absolute atomic E-state index is 0.0164. The zero-order chi connectivity index (χ0) is 22.9. The van der Waals surface area contributed by atoms with Crippen LogP contribution in [0.4, 0.5) is 0 Å². The number of fused-ring (bicyclic) bond motifs is 1. The maximum Gasteiger partial charge on any atom is 0.273 e. The van der Waals surface area contributed by atoms with Crippen LogP contribution in [0.3, 0.4) is 0 Å². The molecule has 5 aromatic rings. The van der Waals surface area contributed by atoms with Gasteiger partial charge in [-0.3, -0.25) is 13.9 Å². The molecule has 1 atom stereocenters. The molecule has 1 amide bonds. The van der Waals surface area contributed by atoms with Crippen molar-refractivity contribution >= 4 is 11.7 Å². The number of benzene rings is 2. The van der Waals surface area contributed by atoms with Crippen LogP contribution in [-0.2, 0) is 6.54 Å². The Hall–Kier alpha value is -4.26. The van der Waals surface area contributed by atoms with Crippen LogP contribution in [0.15, 0.2) is 91.4 Å². The largest absolute Gasteiger partial charge is 0.332 e. The molecule has 0 aliphatic carbocycles. The fraction of sp³-hybridized carbons (Fsp3) is 0.185. The average Bonchev–Trinajstić information content (AvgIpc) is 3.64. The first-order valence-corrected chi connectivity index (χ1v) is 11.6. The molecule has 2 aromatic carbocycles. The van der Waals surface area contributed by atoms with E-state index in [1.807, 2.05) is 87.0 Å². The van der Waals surface area contributed by atoms with Crippen molar-refractivity contribution in [3.63, 3.8) is 0 Å². The Morgan fingerprint density at radius 2 is 1.68 bits per heavy atom. The lowest BCUT2D eigenvalue weighted by atomic mass is 10.1. The molecule has 1 aliphatic heterocycles. The molecule has 1 saturated heterocycles. The molecule has 1 aliphatic rings. The quantitative estimate of drug-likeness (QED) is 0.395. The molecule has 6 rings (SSSR count). The summed E-state index contributed by atoms with van der Waals surface area (Å²) in [5.41, 5.74) is 4.17. The van der Waals surface area contributed by atoms with Crippen LogP contribution in [-0.4, -0.2) is 47.5 Å². The van der Waals surface area contributed by atoms with Crippen molar-refractivity contribution in [3.05, 3.63) is 97.1 Å². The van der Waals surface area contributed by atoms with Crippen molar-refractivity contribution in [2.45, 2.75) is 25.4 Å². The monoisotopic (exact) mass is 448 g/mol. The Labute approximate surface area is 197 Å². The number of imidazole rings is 1. The summed E-state index contributed by atoms with van der Waals surface area (Å²) < 4.78 is 3.76. The number of hydrogen-bond acceptors (Lipinski definition) is 4. The molecule has 0 bridgehead atoms. The summed E-state index contributed by atoms with van der Waals surface area (Å²) >= 11 is 0. The molecule has 4 heterocycles. The molecule has 7 heteroatoms. The molecule has 0 saturated carbocycles. The minimum atomic E-state index is -0.0164. The van der Waals surface area contributed by atoms with Crippen LogP contribution in [0.5, 0.6) is 0 Å². The van der Waals surface area contributed by atoms with E-state index in [1.165, 1.54) is 0 Å². The van der Waals surface area contributed by atoms with Crippen LogP contribution < -0.4 is 0 Å². The number of aromatic nitrogens is 5. The molecule has 1 fully saturated rings. The Morgan fingerprint density at radius 3 is 2.47 bits per heavy atom. The van der Waals surface area contributed by atoms with Crippen LogP contribution in [0.1, 0.15) is 23.3 Å². The highest BCUT2D eigenvalue weighted by atomic mass is 16.2. The second kappa shape index (κ2) is 8.59. The van der Waals surface area contributed by atoms with E-state index in [0.29, 0.717) is 23.7 Å². The van der Waals surface area contributed by atoms with Gasteiger partial charge in [0.1, 0.15) is 11.4 Å². The summed E-state index contributed by atoms with van der Waals surface area (Å²) in [6.07, 6.45) is 7.48. The van der Waals surface area contributed by atoms with Gasteiger partial charge in [-0.25, -0.2) is 9.97 Å². The first-order chi connectivity index (χ1) is 16.8. The zero-order valence-corrected chi connectivity index (χ0v) is 18.7. The summed E-state index contributed by atoms with van der Waals surface area (Å²) in [6.45, 7) is 1.38. The van der Waals surface area contributed by atoms with Crippen LogP contribution in [0.2, 0.25) is 0 Å². The van der Waals surface area contributed by atoms with E-state index in [2.05, 4.69) is 17.1 Å². The van der Waals surface area contributed by atoms with Crippen molar-refractivity contribution in [2.24, 2.45) is 0 Å². The fourth-order valence-corrected chi connectivity index (χ4v) is 4.76. The predicted octanol–water partition coefficient (Wildman–Crippen LogP) is 4.56. The number of amides is 1. The SMILES string of the molecule is O=C(c1c(-c2ccccc2)nc2ncccn12)N1CCC[C@H]1Cn1ccc(-c2ccccc2)n1. The second-order valence-electron chi connectivity index (χ2n) is 8.55. The lowest BCUT2D eigenvalue weighted by Crippen LogP contribution is -2.39. The molecule has 0 spiro atoms. The highest BCUT2D eigenvalue weighted by Gasteiger charge is 2.33. The van der Waals surface area contributed by atoms with Crippen LogP contribution in [0, 0.1) is 0 Å². The zero-order valence-electron chi connectivity index (χ0n) is 18.7. The van der Waals surface area contributed by atoms with Gasteiger partial charge in [0.05, 0.1) is 18.3 Å². The van der Waals surface area contributed by atoms with Crippen LogP contribution >= 0.6 is 0 Å². The third-order valence-corrected chi connectivity index (χ3v) is 6.40. The van der Waals surface area contributed by atoms with Crippen molar-refractivity contribution in [1.29, 1.82) is 0 Å². The predicted molar refractivity (Wildman–Crippen MR) is 130 cm³/mol. The maximum atomic E-state index is 14.0. The molecule has 0 unspecified atom stereocenters. The van der Waals surface area contributed by atoms with Gasteiger partial charge in [0.25, 0.3) is 5.91 Å². The maximum absolute atomic E-state index is 14.0. The number of hydrogen-bond donors (Lipinski definition) is 0. The topological polar surface area (TPSA) is 68.3 Å². The Bertz CT molecular complexity index is 1440. The third kappa shape index (κ3) is 3.65. The molecular weight excluding hydrogens is 424 g/mol. The molecule has 7 nitrogen and oxygen atoms in total. The van der Waals surface area contributed by atoms with Gasteiger partial charge in [0.2, 0.25) is 5.78 Å². The molecule has 168 valence electrons. The fourth-order valence-electron chi connectivity index (χ4n) is 4.76. The summed E-state index contributed by atoms with van der Waals surface area (Å²) in [5, 5.41) is 4.77. The van der Waals surface area contributed by atoms with Gasteiger partial charge in [0, 0.05) is 36.3 Å². The van der Waals surface area contributed by atoms with Crippen molar-refractivity contribution in [1.82, 2.24) is 29.0 Å². The number of nitrogens with zero attached hydrogens (tertiary/aromatic N) is 6. The summed E-state index contributed by atoms with van der Waals surface area (Å²) in [5.74, 6) is 0.511. The molecule has 0 N–H and O–H groups in total. The highest BCUT2D eigenvalue weighted by molar-refractivity contribution is 5.99. The average molecular weight is 449 g/mol. The van der Waals surface area contributed by atoms with E-state index in [9.17, 15) is 4.79 Å². The Morgan fingerprint density at radius 1 is 0.912 bits per heavy atom. The summed E-state index contributed by atoms with van der Waals surface area (Å²) in [4.78, 5) is 25.0. The van der Waals surface area contributed by atoms with E-state index in [4.69, 9.17) is 10.1 Å². The molecule has 0 radical (unpaired) electrons. The standard InChI is InChI=1S/C27H24N6O/c34-26(25-24(21-11-5-2-6-12-21)29-27-28-15-8-17-33(25)27)32-16-7-13-22(32)19-31-18-14-23(30-31)20-9-3-1-4-10-20/h1-6,8-12,14-15,17-18,22H,7,13,16,19H2/t22-/m0/s1. The minimum Gasteiger partial charge on any atom is -0.332 e. The van der Waals surface area contributed by atoms with Crippen LogP contribution in [0.25, 0.3) is 28.3 Å². The second-order valence-corrected chi connectivity index (χ2v) is 8.55. The first-order valence-electron chi connectivity index (χ1n) is 11.6. The van der Waals surface area contributed by atoms with E-state index in [-0.39, 0.29) is 11.9 Å². The van der Waals surface area contributed by atoms with Crippen molar-refractivity contribution in [2.75, 3.05) is 6.54 Å². The lowest BCUT2D eigenvalue weighted by molar-refractivity contribution is 0.0715. The smallest absolute Gasteiger partial charge is 0.273 e. The Kier molecular flexibility index (Phi) is 5.14. The normalized spacial score (nSPS) is 15.8. The number of rotatable bonds is 5. The van der Waals surface area contributed by atoms with Gasteiger partial charge in [-0.2, -0.15) is 5.10 Å². The van der Waals surface area contributed by atoms with E-state index in [1.54, 1.807) is 6.20 Å².